The molecule has 0 atom stereocenters. The van der Waals surface area contributed by atoms with Crippen molar-refractivity contribution in [2.75, 3.05) is 44.6 Å². The van der Waals surface area contributed by atoms with E-state index < -0.39 is 6.36 Å². The van der Waals surface area contributed by atoms with E-state index in [1.807, 2.05) is 20.2 Å². The van der Waals surface area contributed by atoms with Gasteiger partial charge in [-0.25, -0.2) is 4.98 Å². The highest BCUT2D eigenvalue weighted by molar-refractivity contribution is 5.69. The number of halogens is 3. The molecule has 180 valence electrons. The second-order valence-electron chi connectivity index (χ2n) is 7.81. The molecule has 2 aromatic carbocycles. The van der Waals surface area contributed by atoms with E-state index >= 15 is 0 Å². The standard InChI is InChI=1S/C23H24F3N5O3/c1-31(2)10-4-9-27-22-29-18(15-5-3-6-17(11-15)34-23(24,25)26)13-21(30-22)28-16-7-8-19-20(12-16)33-14-32-19/h3,5-8,11-13H,4,9-10,14H2,1-2H3,(H2,27,28,29,30). The molecule has 0 aliphatic carbocycles. The van der Waals surface area contributed by atoms with Crippen molar-refractivity contribution in [1.29, 1.82) is 0 Å². The number of ether oxygens (including phenoxy) is 3. The van der Waals surface area contributed by atoms with Gasteiger partial charge in [-0.2, -0.15) is 4.98 Å². The molecule has 11 heteroatoms. The van der Waals surface area contributed by atoms with Gasteiger partial charge in [0.25, 0.3) is 0 Å². The molecule has 34 heavy (non-hydrogen) atoms. The molecule has 0 fully saturated rings. The Morgan fingerprint density at radius 1 is 1.03 bits per heavy atom. The van der Waals surface area contributed by atoms with Crippen LogP contribution in [-0.2, 0) is 0 Å². The summed E-state index contributed by atoms with van der Waals surface area (Å²) in [4.78, 5) is 11.1. The first kappa shape index (κ1) is 23.4. The number of anilines is 3. The average molecular weight is 475 g/mol. The SMILES string of the molecule is CN(C)CCCNc1nc(Nc2ccc3c(c2)OCO3)cc(-c2cccc(OC(F)(F)F)c2)n1. The van der Waals surface area contributed by atoms with Crippen molar-refractivity contribution in [3.8, 4) is 28.5 Å². The Balaban J connectivity index is 1.61. The van der Waals surface area contributed by atoms with Gasteiger partial charge in [-0.05, 0) is 51.3 Å². The van der Waals surface area contributed by atoms with Gasteiger partial charge in [0.1, 0.15) is 11.6 Å². The molecule has 0 amide bonds. The highest BCUT2D eigenvalue weighted by atomic mass is 19.4. The molecule has 2 heterocycles. The minimum atomic E-state index is -4.78. The molecule has 0 bridgehead atoms. The summed E-state index contributed by atoms with van der Waals surface area (Å²) in [5.41, 5.74) is 1.59. The molecule has 0 saturated heterocycles. The smallest absolute Gasteiger partial charge is 0.454 e. The summed E-state index contributed by atoms with van der Waals surface area (Å²) < 4.78 is 52.8. The van der Waals surface area contributed by atoms with Crippen LogP contribution in [0.4, 0.5) is 30.6 Å². The van der Waals surface area contributed by atoms with Gasteiger partial charge in [0, 0.05) is 29.9 Å². The highest BCUT2D eigenvalue weighted by Gasteiger charge is 2.31. The fraction of sp³-hybridized carbons (Fsp3) is 0.304. The summed E-state index contributed by atoms with van der Waals surface area (Å²) in [6.45, 7) is 1.67. The quantitative estimate of drug-likeness (QED) is 0.424. The van der Waals surface area contributed by atoms with Gasteiger partial charge in [0.05, 0.1) is 5.69 Å². The maximum atomic E-state index is 12.7. The maximum Gasteiger partial charge on any atom is 0.573 e. The minimum Gasteiger partial charge on any atom is -0.454 e. The minimum absolute atomic E-state index is 0.161. The third kappa shape index (κ3) is 6.41. The molecule has 1 aromatic heterocycles. The van der Waals surface area contributed by atoms with E-state index in [-0.39, 0.29) is 12.5 Å². The van der Waals surface area contributed by atoms with E-state index in [9.17, 15) is 13.2 Å². The molecule has 0 spiro atoms. The van der Waals surface area contributed by atoms with Crippen molar-refractivity contribution in [3.63, 3.8) is 0 Å². The molecule has 8 nitrogen and oxygen atoms in total. The lowest BCUT2D eigenvalue weighted by Gasteiger charge is -2.14. The van der Waals surface area contributed by atoms with Crippen LogP contribution in [-0.4, -0.2) is 55.2 Å². The van der Waals surface area contributed by atoms with Crippen molar-refractivity contribution < 1.29 is 27.4 Å². The molecule has 0 radical (unpaired) electrons. The van der Waals surface area contributed by atoms with E-state index in [0.717, 1.165) is 13.0 Å². The van der Waals surface area contributed by atoms with Crippen LogP contribution < -0.4 is 24.8 Å². The van der Waals surface area contributed by atoms with E-state index in [2.05, 4.69) is 30.2 Å². The molecule has 2 N–H and O–H groups in total. The topological polar surface area (TPSA) is 80.8 Å². The number of nitrogens with zero attached hydrogens (tertiary/aromatic N) is 3. The lowest BCUT2D eigenvalue weighted by Crippen LogP contribution is -2.17. The predicted molar refractivity (Wildman–Crippen MR) is 122 cm³/mol. The van der Waals surface area contributed by atoms with E-state index in [4.69, 9.17) is 9.47 Å². The van der Waals surface area contributed by atoms with E-state index in [1.54, 1.807) is 24.3 Å². The van der Waals surface area contributed by atoms with Crippen LogP contribution in [0.1, 0.15) is 6.42 Å². The van der Waals surface area contributed by atoms with Crippen molar-refractivity contribution in [2.45, 2.75) is 12.8 Å². The first-order valence-electron chi connectivity index (χ1n) is 10.6. The summed E-state index contributed by atoms with van der Waals surface area (Å²) in [6.07, 6.45) is -3.92. The molecular weight excluding hydrogens is 451 g/mol. The predicted octanol–water partition coefficient (Wildman–Crippen LogP) is 4.88. The van der Waals surface area contributed by atoms with Crippen LogP contribution in [0, 0.1) is 0 Å². The fourth-order valence-corrected chi connectivity index (χ4v) is 3.31. The third-order valence-electron chi connectivity index (χ3n) is 4.80. The normalized spacial score (nSPS) is 12.6. The molecular formula is C23H24F3N5O3. The monoisotopic (exact) mass is 475 g/mol. The van der Waals surface area contributed by atoms with E-state index in [0.29, 0.717) is 46.8 Å². The average Bonchev–Trinajstić information content (AvgIpc) is 3.23. The van der Waals surface area contributed by atoms with Gasteiger partial charge in [0.2, 0.25) is 12.7 Å². The molecule has 0 unspecified atom stereocenters. The zero-order valence-corrected chi connectivity index (χ0v) is 18.6. The molecule has 1 aliphatic heterocycles. The van der Waals surface area contributed by atoms with Crippen molar-refractivity contribution in [3.05, 3.63) is 48.5 Å². The summed E-state index contributed by atoms with van der Waals surface area (Å²) in [6, 6.07) is 12.7. The third-order valence-corrected chi connectivity index (χ3v) is 4.80. The van der Waals surface area contributed by atoms with Gasteiger partial charge < -0.3 is 29.7 Å². The number of nitrogens with one attached hydrogen (secondary N) is 2. The van der Waals surface area contributed by atoms with Crippen LogP contribution in [0.3, 0.4) is 0 Å². The first-order chi connectivity index (χ1) is 16.2. The lowest BCUT2D eigenvalue weighted by atomic mass is 10.1. The number of fused-ring (bicyclic) bond motifs is 1. The van der Waals surface area contributed by atoms with Crippen molar-refractivity contribution >= 4 is 17.5 Å². The Hall–Kier alpha value is -3.73. The molecule has 3 aromatic rings. The molecule has 4 rings (SSSR count). The number of rotatable bonds is 9. The van der Waals surface area contributed by atoms with Gasteiger partial charge >= 0.3 is 6.36 Å². The maximum absolute atomic E-state index is 12.7. The van der Waals surface area contributed by atoms with Gasteiger partial charge in [-0.3, -0.25) is 0 Å². The Morgan fingerprint density at radius 2 is 1.85 bits per heavy atom. The lowest BCUT2D eigenvalue weighted by molar-refractivity contribution is -0.274. The summed E-state index contributed by atoms with van der Waals surface area (Å²) >= 11 is 0. The Morgan fingerprint density at radius 3 is 2.65 bits per heavy atom. The van der Waals surface area contributed by atoms with Crippen LogP contribution in [0.15, 0.2) is 48.5 Å². The fourth-order valence-electron chi connectivity index (χ4n) is 3.31. The Kier molecular flexibility index (Phi) is 6.92. The number of hydrogen-bond acceptors (Lipinski definition) is 8. The van der Waals surface area contributed by atoms with Crippen LogP contribution in [0.25, 0.3) is 11.3 Å². The molecule has 0 saturated carbocycles. The van der Waals surface area contributed by atoms with Crippen molar-refractivity contribution in [1.82, 2.24) is 14.9 Å². The van der Waals surface area contributed by atoms with Gasteiger partial charge in [0.15, 0.2) is 11.5 Å². The number of alkyl halides is 3. The van der Waals surface area contributed by atoms with Gasteiger partial charge in [-0.15, -0.1) is 13.2 Å². The van der Waals surface area contributed by atoms with Gasteiger partial charge in [-0.1, -0.05) is 12.1 Å². The number of aromatic nitrogens is 2. The number of benzene rings is 2. The highest BCUT2D eigenvalue weighted by Crippen LogP contribution is 2.35. The summed E-state index contributed by atoms with van der Waals surface area (Å²) in [5.74, 6) is 1.74. The first-order valence-corrected chi connectivity index (χ1v) is 10.6. The zero-order chi connectivity index (χ0) is 24.1. The molecule has 1 aliphatic rings. The number of hydrogen-bond donors (Lipinski definition) is 2. The van der Waals surface area contributed by atoms with Crippen LogP contribution in [0.2, 0.25) is 0 Å². The Bertz CT molecular complexity index is 1140. The van der Waals surface area contributed by atoms with Crippen LogP contribution >= 0.6 is 0 Å². The summed E-state index contributed by atoms with van der Waals surface area (Å²) in [5, 5.41) is 6.39. The van der Waals surface area contributed by atoms with Crippen LogP contribution in [0.5, 0.6) is 17.2 Å². The summed E-state index contributed by atoms with van der Waals surface area (Å²) in [7, 11) is 3.97. The zero-order valence-electron chi connectivity index (χ0n) is 18.6. The second kappa shape index (κ2) is 10.0. The van der Waals surface area contributed by atoms with E-state index in [1.165, 1.54) is 18.2 Å². The second-order valence-corrected chi connectivity index (χ2v) is 7.81. The Labute approximate surface area is 194 Å². The van der Waals surface area contributed by atoms with Crippen molar-refractivity contribution in [2.24, 2.45) is 0 Å². The largest absolute Gasteiger partial charge is 0.573 e.